The highest BCUT2D eigenvalue weighted by atomic mass is 127. The summed E-state index contributed by atoms with van der Waals surface area (Å²) in [6.07, 6.45) is 7.16. The summed E-state index contributed by atoms with van der Waals surface area (Å²) >= 11 is 0. The van der Waals surface area contributed by atoms with Crippen molar-refractivity contribution >= 4 is 35.8 Å². The molecule has 2 N–H and O–H groups in total. The molecule has 0 saturated carbocycles. The van der Waals surface area contributed by atoms with Crippen LogP contribution in [-0.4, -0.2) is 42.6 Å². The van der Waals surface area contributed by atoms with Gasteiger partial charge in [0.05, 0.1) is 0 Å². The van der Waals surface area contributed by atoms with Crippen molar-refractivity contribution in [3.05, 3.63) is 54.0 Å². The minimum Gasteiger partial charge on any atom is -0.357 e. The molecule has 0 spiro atoms. The van der Waals surface area contributed by atoms with E-state index in [0.29, 0.717) is 6.54 Å². The van der Waals surface area contributed by atoms with E-state index < -0.39 is 0 Å². The molecule has 0 radical (unpaired) electrons. The molecule has 0 atom stereocenters. The highest BCUT2D eigenvalue weighted by Gasteiger charge is 2.16. The van der Waals surface area contributed by atoms with Gasteiger partial charge in [0.2, 0.25) is 0 Å². The summed E-state index contributed by atoms with van der Waals surface area (Å²) in [5.41, 5.74) is 2.23. The van der Waals surface area contributed by atoms with E-state index in [-0.39, 0.29) is 24.0 Å². The van der Waals surface area contributed by atoms with Crippen LogP contribution in [0.15, 0.2) is 47.7 Å². The van der Waals surface area contributed by atoms with Crippen LogP contribution in [0.1, 0.15) is 31.0 Å². The van der Waals surface area contributed by atoms with Crippen LogP contribution in [0, 0.1) is 5.92 Å². The van der Waals surface area contributed by atoms with E-state index in [4.69, 9.17) is 0 Å². The van der Waals surface area contributed by atoms with Gasteiger partial charge < -0.3 is 15.5 Å². The summed E-state index contributed by atoms with van der Waals surface area (Å²) in [6.45, 7) is 6.04. The predicted octanol–water partition coefficient (Wildman–Crippen LogP) is 3.24. The van der Waals surface area contributed by atoms with Gasteiger partial charge in [-0.05, 0) is 42.5 Å². The number of halogens is 1. The van der Waals surface area contributed by atoms with E-state index >= 15 is 0 Å². The third kappa shape index (κ3) is 6.92. The SMILES string of the molecule is CN=C(NCCc1ccccn1)NCc1ccc(N2CCC(C)CC2)nc1.I. The Hall–Kier alpha value is -1.90. The summed E-state index contributed by atoms with van der Waals surface area (Å²) < 4.78 is 0. The minimum absolute atomic E-state index is 0. The van der Waals surface area contributed by atoms with E-state index in [1.807, 2.05) is 30.6 Å². The molecule has 1 aliphatic heterocycles. The highest BCUT2D eigenvalue weighted by molar-refractivity contribution is 14.0. The molecule has 1 saturated heterocycles. The molecule has 3 rings (SSSR count). The van der Waals surface area contributed by atoms with E-state index in [2.05, 4.69) is 49.6 Å². The summed E-state index contributed by atoms with van der Waals surface area (Å²) in [5.74, 6) is 2.71. The molecule has 0 aromatic carbocycles. The van der Waals surface area contributed by atoms with Crippen molar-refractivity contribution in [1.82, 2.24) is 20.6 Å². The Morgan fingerprint density at radius 1 is 1.14 bits per heavy atom. The van der Waals surface area contributed by atoms with Crippen molar-refractivity contribution in [1.29, 1.82) is 0 Å². The van der Waals surface area contributed by atoms with Crippen molar-refractivity contribution in [3.63, 3.8) is 0 Å². The summed E-state index contributed by atoms with van der Waals surface area (Å²) in [6, 6.07) is 10.3. The van der Waals surface area contributed by atoms with Crippen molar-refractivity contribution in [3.8, 4) is 0 Å². The molecule has 3 heterocycles. The standard InChI is InChI=1S/C21H30N6.HI/c1-17-9-13-27(14-10-17)20-7-6-18(15-25-20)16-26-21(22-2)24-12-8-19-5-3-4-11-23-19;/h3-7,11,15,17H,8-10,12-14,16H2,1-2H3,(H2,22,24,26);1H. The van der Waals surface area contributed by atoms with Gasteiger partial charge in [0.15, 0.2) is 5.96 Å². The zero-order valence-electron chi connectivity index (χ0n) is 16.8. The largest absolute Gasteiger partial charge is 0.357 e. The number of aromatic nitrogens is 2. The molecule has 7 heteroatoms. The zero-order chi connectivity index (χ0) is 18.9. The Kier molecular flexibility index (Phi) is 9.46. The lowest BCUT2D eigenvalue weighted by Gasteiger charge is -2.31. The van der Waals surface area contributed by atoms with Crippen LogP contribution in [0.4, 0.5) is 5.82 Å². The van der Waals surface area contributed by atoms with E-state index in [1.54, 1.807) is 7.05 Å². The van der Waals surface area contributed by atoms with Gasteiger partial charge in [-0.2, -0.15) is 0 Å². The maximum atomic E-state index is 4.65. The van der Waals surface area contributed by atoms with Crippen LogP contribution in [0.3, 0.4) is 0 Å². The Balaban J connectivity index is 0.00000280. The first kappa shape index (κ1) is 22.4. The van der Waals surface area contributed by atoms with Crippen molar-refractivity contribution in [2.45, 2.75) is 32.7 Å². The number of piperidine rings is 1. The molecule has 0 unspecified atom stereocenters. The predicted molar refractivity (Wildman–Crippen MR) is 126 cm³/mol. The second-order valence-electron chi connectivity index (χ2n) is 7.12. The quantitative estimate of drug-likeness (QED) is 0.367. The van der Waals surface area contributed by atoms with Gasteiger partial charge in [0, 0.05) is 57.7 Å². The average Bonchev–Trinajstić information content (AvgIpc) is 2.72. The van der Waals surface area contributed by atoms with E-state index in [1.165, 1.54) is 12.8 Å². The molecule has 0 bridgehead atoms. The van der Waals surface area contributed by atoms with Crippen LogP contribution in [0.25, 0.3) is 0 Å². The van der Waals surface area contributed by atoms with Gasteiger partial charge in [-0.1, -0.05) is 19.1 Å². The maximum Gasteiger partial charge on any atom is 0.191 e. The lowest BCUT2D eigenvalue weighted by atomic mass is 9.99. The summed E-state index contributed by atoms with van der Waals surface area (Å²) in [4.78, 5) is 15.6. The lowest BCUT2D eigenvalue weighted by molar-refractivity contribution is 0.436. The van der Waals surface area contributed by atoms with Crippen molar-refractivity contribution in [2.24, 2.45) is 10.9 Å². The number of rotatable bonds is 6. The molecule has 28 heavy (non-hydrogen) atoms. The van der Waals surface area contributed by atoms with Crippen LogP contribution in [0.2, 0.25) is 0 Å². The van der Waals surface area contributed by atoms with Gasteiger partial charge >= 0.3 is 0 Å². The fourth-order valence-electron chi connectivity index (χ4n) is 3.21. The minimum atomic E-state index is 0. The smallest absolute Gasteiger partial charge is 0.191 e. The first-order chi connectivity index (χ1) is 13.2. The molecule has 6 nitrogen and oxygen atoms in total. The fraction of sp³-hybridized carbons (Fsp3) is 0.476. The topological polar surface area (TPSA) is 65.4 Å². The molecule has 0 amide bonds. The molecular weight excluding hydrogens is 463 g/mol. The molecular formula is C21H31IN6. The Morgan fingerprint density at radius 2 is 1.96 bits per heavy atom. The summed E-state index contributed by atoms with van der Waals surface area (Å²) in [7, 11) is 1.79. The second kappa shape index (κ2) is 11.8. The van der Waals surface area contributed by atoms with Crippen LogP contribution < -0.4 is 15.5 Å². The molecule has 1 aliphatic rings. The van der Waals surface area contributed by atoms with Gasteiger partial charge in [-0.25, -0.2) is 4.98 Å². The fourth-order valence-corrected chi connectivity index (χ4v) is 3.21. The van der Waals surface area contributed by atoms with Crippen LogP contribution in [0.5, 0.6) is 0 Å². The normalized spacial score (nSPS) is 15.1. The Bertz CT molecular complexity index is 711. The molecule has 152 valence electrons. The van der Waals surface area contributed by atoms with Gasteiger partial charge in [-0.15, -0.1) is 24.0 Å². The number of pyridine rings is 2. The number of nitrogens with one attached hydrogen (secondary N) is 2. The van der Waals surface area contributed by atoms with Gasteiger partial charge in [0.1, 0.15) is 5.82 Å². The highest BCUT2D eigenvalue weighted by Crippen LogP contribution is 2.21. The zero-order valence-corrected chi connectivity index (χ0v) is 19.1. The number of guanidine groups is 1. The first-order valence-electron chi connectivity index (χ1n) is 9.79. The van der Waals surface area contributed by atoms with Gasteiger partial charge in [-0.3, -0.25) is 9.98 Å². The van der Waals surface area contributed by atoms with Crippen LogP contribution in [-0.2, 0) is 13.0 Å². The van der Waals surface area contributed by atoms with Crippen LogP contribution >= 0.6 is 24.0 Å². The number of hydrogen-bond acceptors (Lipinski definition) is 4. The third-order valence-electron chi connectivity index (χ3n) is 5.00. The third-order valence-corrected chi connectivity index (χ3v) is 5.00. The average molecular weight is 494 g/mol. The monoisotopic (exact) mass is 494 g/mol. The molecule has 1 fully saturated rings. The number of aliphatic imine (C=N–C) groups is 1. The maximum absolute atomic E-state index is 4.65. The molecule has 2 aromatic rings. The second-order valence-corrected chi connectivity index (χ2v) is 7.12. The molecule has 0 aliphatic carbocycles. The number of hydrogen-bond donors (Lipinski definition) is 2. The molecule has 2 aromatic heterocycles. The van der Waals surface area contributed by atoms with Crippen molar-refractivity contribution < 1.29 is 0 Å². The summed E-state index contributed by atoms with van der Waals surface area (Å²) in [5, 5.41) is 6.67. The Morgan fingerprint density at radius 3 is 2.61 bits per heavy atom. The number of nitrogens with zero attached hydrogens (tertiary/aromatic N) is 4. The van der Waals surface area contributed by atoms with Crippen molar-refractivity contribution in [2.75, 3.05) is 31.6 Å². The lowest BCUT2D eigenvalue weighted by Crippen LogP contribution is -2.38. The van der Waals surface area contributed by atoms with Gasteiger partial charge in [0.25, 0.3) is 0 Å². The Labute approximate surface area is 185 Å². The number of anilines is 1. The first-order valence-corrected chi connectivity index (χ1v) is 9.79. The van der Waals surface area contributed by atoms with E-state index in [0.717, 1.165) is 55.0 Å². The van der Waals surface area contributed by atoms with E-state index in [9.17, 15) is 0 Å².